The summed E-state index contributed by atoms with van der Waals surface area (Å²) in [7, 11) is 0. The van der Waals surface area contributed by atoms with E-state index in [1.807, 2.05) is 20.8 Å². The Kier molecular flexibility index (Phi) is 8.88. The first-order valence-electron chi connectivity index (χ1n) is 4.51. The normalized spacial score (nSPS) is 11.0. The van der Waals surface area contributed by atoms with Crippen molar-refractivity contribution in [2.24, 2.45) is 0 Å². The zero-order chi connectivity index (χ0) is 9.23. The smallest absolute Gasteiger partial charge is 0.160 e. The van der Waals surface area contributed by atoms with E-state index in [9.17, 15) is 0 Å². The van der Waals surface area contributed by atoms with Gasteiger partial charge in [0.2, 0.25) is 0 Å². The minimum Gasteiger partial charge on any atom is -0.376 e. The highest BCUT2D eigenvalue weighted by molar-refractivity contribution is 4.54. The van der Waals surface area contributed by atoms with Crippen LogP contribution in [-0.4, -0.2) is 26.1 Å². The second-order valence-electron chi connectivity index (χ2n) is 2.20. The molecule has 73 valence electrons. The molecule has 12 heavy (non-hydrogen) atoms. The maximum Gasteiger partial charge on any atom is 0.160 e. The first-order chi connectivity index (χ1) is 5.85. The average molecular weight is 175 g/mol. The minimum atomic E-state index is -0.147. The summed E-state index contributed by atoms with van der Waals surface area (Å²) < 4.78 is 15.7. The third-order valence-corrected chi connectivity index (χ3v) is 1.28. The number of hydrogen-bond donors (Lipinski definition) is 0. The van der Waals surface area contributed by atoms with Gasteiger partial charge in [-0.15, -0.1) is 0 Å². The summed E-state index contributed by atoms with van der Waals surface area (Å²) in [4.78, 5) is 0. The molecule has 0 fully saturated rings. The standard InChI is InChI=1S/C9H19O3/c1-4-10-8-7-9(11-5-2)12-6-3/h8-9H,4-7H2,1-3H3. The molecule has 0 saturated carbocycles. The fourth-order valence-electron chi connectivity index (χ4n) is 0.820. The van der Waals surface area contributed by atoms with Gasteiger partial charge in [0.05, 0.1) is 6.61 Å². The highest BCUT2D eigenvalue weighted by atomic mass is 16.7. The molecule has 0 bridgehead atoms. The number of hydrogen-bond acceptors (Lipinski definition) is 3. The van der Waals surface area contributed by atoms with Gasteiger partial charge in [-0.05, 0) is 20.8 Å². The third-order valence-electron chi connectivity index (χ3n) is 1.28. The number of ether oxygens (including phenoxy) is 3. The van der Waals surface area contributed by atoms with Gasteiger partial charge in [0, 0.05) is 26.2 Å². The summed E-state index contributed by atoms with van der Waals surface area (Å²) in [5, 5.41) is 0. The van der Waals surface area contributed by atoms with Crippen LogP contribution in [0.15, 0.2) is 0 Å². The molecular weight excluding hydrogens is 156 g/mol. The van der Waals surface area contributed by atoms with Gasteiger partial charge in [-0.1, -0.05) is 0 Å². The van der Waals surface area contributed by atoms with Gasteiger partial charge in [0.25, 0.3) is 0 Å². The van der Waals surface area contributed by atoms with E-state index in [0.717, 1.165) is 0 Å². The monoisotopic (exact) mass is 175 g/mol. The lowest BCUT2D eigenvalue weighted by Gasteiger charge is -2.15. The lowest BCUT2D eigenvalue weighted by atomic mass is 10.4. The second-order valence-corrected chi connectivity index (χ2v) is 2.20. The highest BCUT2D eigenvalue weighted by Gasteiger charge is 2.06. The Balaban J connectivity index is 3.34. The maximum atomic E-state index is 5.30. The summed E-state index contributed by atoms with van der Waals surface area (Å²) in [6.07, 6.45) is 0.543. The molecule has 0 aliphatic heterocycles. The molecule has 0 saturated heterocycles. The largest absolute Gasteiger partial charge is 0.376 e. The molecule has 0 aliphatic carbocycles. The van der Waals surface area contributed by atoms with E-state index < -0.39 is 0 Å². The van der Waals surface area contributed by atoms with Gasteiger partial charge >= 0.3 is 0 Å². The van der Waals surface area contributed by atoms with Crippen molar-refractivity contribution >= 4 is 0 Å². The average Bonchev–Trinajstić information content (AvgIpc) is 2.06. The van der Waals surface area contributed by atoms with E-state index in [1.165, 1.54) is 0 Å². The molecule has 0 amide bonds. The molecule has 3 nitrogen and oxygen atoms in total. The van der Waals surface area contributed by atoms with Gasteiger partial charge in [0.1, 0.15) is 0 Å². The van der Waals surface area contributed by atoms with Gasteiger partial charge in [0.15, 0.2) is 6.29 Å². The van der Waals surface area contributed by atoms with Crippen LogP contribution in [0.1, 0.15) is 27.2 Å². The van der Waals surface area contributed by atoms with Crippen LogP contribution in [0.4, 0.5) is 0 Å². The molecule has 0 rings (SSSR count). The van der Waals surface area contributed by atoms with Crippen molar-refractivity contribution in [3.63, 3.8) is 0 Å². The van der Waals surface area contributed by atoms with Gasteiger partial charge in [-0.2, -0.15) is 0 Å². The Bertz CT molecular complexity index is 79.8. The predicted molar refractivity (Wildman–Crippen MR) is 47.6 cm³/mol. The molecular formula is C9H19O3. The van der Waals surface area contributed by atoms with E-state index >= 15 is 0 Å². The Morgan fingerprint density at radius 1 is 1.00 bits per heavy atom. The van der Waals surface area contributed by atoms with Crippen LogP contribution in [0, 0.1) is 6.61 Å². The summed E-state index contributed by atoms with van der Waals surface area (Å²) >= 11 is 0. The van der Waals surface area contributed by atoms with Crippen LogP contribution < -0.4 is 0 Å². The van der Waals surface area contributed by atoms with Crippen molar-refractivity contribution in [3.05, 3.63) is 6.61 Å². The molecule has 0 aromatic rings. The Hall–Kier alpha value is -0.120. The second kappa shape index (κ2) is 8.97. The van der Waals surface area contributed by atoms with E-state index in [-0.39, 0.29) is 6.29 Å². The summed E-state index contributed by atoms with van der Waals surface area (Å²) in [6, 6.07) is 0. The third kappa shape index (κ3) is 6.58. The molecule has 0 aliphatic rings. The van der Waals surface area contributed by atoms with Crippen molar-refractivity contribution in [1.82, 2.24) is 0 Å². The Labute approximate surface area is 75.0 Å². The highest BCUT2D eigenvalue weighted by Crippen LogP contribution is 2.03. The van der Waals surface area contributed by atoms with Crippen LogP contribution >= 0.6 is 0 Å². The van der Waals surface area contributed by atoms with Crippen LogP contribution in [0.3, 0.4) is 0 Å². The van der Waals surface area contributed by atoms with Gasteiger partial charge in [-0.25, -0.2) is 0 Å². The summed E-state index contributed by atoms with van der Waals surface area (Å²) in [5.41, 5.74) is 0. The summed E-state index contributed by atoms with van der Waals surface area (Å²) in [6.45, 7) is 9.63. The first kappa shape index (κ1) is 11.9. The maximum absolute atomic E-state index is 5.30. The molecule has 3 heteroatoms. The molecule has 1 radical (unpaired) electrons. The van der Waals surface area contributed by atoms with Crippen molar-refractivity contribution in [3.8, 4) is 0 Å². The Morgan fingerprint density at radius 2 is 1.58 bits per heavy atom. The quantitative estimate of drug-likeness (QED) is 0.417. The molecule has 0 heterocycles. The molecule has 0 unspecified atom stereocenters. The van der Waals surface area contributed by atoms with Crippen LogP contribution in [0.5, 0.6) is 0 Å². The molecule has 0 N–H and O–H groups in total. The lowest BCUT2D eigenvalue weighted by molar-refractivity contribution is -0.140. The molecule has 0 spiro atoms. The predicted octanol–water partition coefficient (Wildman–Crippen LogP) is 1.97. The van der Waals surface area contributed by atoms with Gasteiger partial charge < -0.3 is 14.2 Å². The zero-order valence-electron chi connectivity index (χ0n) is 8.21. The zero-order valence-corrected chi connectivity index (χ0v) is 8.21. The molecule has 0 atom stereocenters. The molecule has 0 aromatic heterocycles. The number of rotatable bonds is 8. The lowest BCUT2D eigenvalue weighted by Crippen LogP contribution is -2.17. The van der Waals surface area contributed by atoms with Crippen LogP contribution in [-0.2, 0) is 14.2 Å². The van der Waals surface area contributed by atoms with Crippen molar-refractivity contribution in [2.75, 3.05) is 19.8 Å². The van der Waals surface area contributed by atoms with Crippen molar-refractivity contribution in [2.45, 2.75) is 33.5 Å². The van der Waals surface area contributed by atoms with Crippen LogP contribution in [0.25, 0.3) is 0 Å². The van der Waals surface area contributed by atoms with E-state index in [2.05, 4.69) is 0 Å². The topological polar surface area (TPSA) is 27.7 Å². The van der Waals surface area contributed by atoms with Crippen molar-refractivity contribution in [1.29, 1.82) is 0 Å². The van der Waals surface area contributed by atoms with E-state index in [4.69, 9.17) is 14.2 Å². The summed E-state index contributed by atoms with van der Waals surface area (Å²) in [5.74, 6) is 0. The fraction of sp³-hybridized carbons (Fsp3) is 0.889. The minimum absolute atomic E-state index is 0.147. The SMILES string of the molecule is CCO[CH]CC(OCC)OCC. The molecule has 0 aromatic carbocycles. The van der Waals surface area contributed by atoms with E-state index in [0.29, 0.717) is 26.2 Å². The Morgan fingerprint density at radius 3 is 2.00 bits per heavy atom. The fourth-order valence-corrected chi connectivity index (χ4v) is 0.820. The van der Waals surface area contributed by atoms with Crippen LogP contribution in [0.2, 0.25) is 0 Å². The van der Waals surface area contributed by atoms with Gasteiger partial charge in [-0.3, -0.25) is 0 Å². The van der Waals surface area contributed by atoms with Crippen molar-refractivity contribution < 1.29 is 14.2 Å². The first-order valence-corrected chi connectivity index (χ1v) is 4.51. The van der Waals surface area contributed by atoms with E-state index in [1.54, 1.807) is 6.61 Å².